The lowest BCUT2D eigenvalue weighted by Crippen LogP contribution is -2.30. The summed E-state index contributed by atoms with van der Waals surface area (Å²) < 4.78 is 29.0. The van der Waals surface area contributed by atoms with Crippen molar-refractivity contribution in [2.45, 2.75) is 37.1 Å². The Labute approximate surface area is 219 Å². The number of hydrogen-bond acceptors (Lipinski definition) is 7. The van der Waals surface area contributed by atoms with E-state index in [1.807, 2.05) is 32.0 Å². The van der Waals surface area contributed by atoms with Crippen molar-refractivity contribution in [1.29, 1.82) is 0 Å². The number of carbonyl (C=O) groups excluding carboxylic acids is 2. The van der Waals surface area contributed by atoms with Crippen molar-refractivity contribution < 1.29 is 22.7 Å². The molecule has 4 rings (SSSR count). The maximum absolute atomic E-state index is 13.3. The zero-order valence-electron chi connectivity index (χ0n) is 20.2. The van der Waals surface area contributed by atoms with Crippen LogP contribution in [0.2, 0.25) is 5.02 Å². The largest absolute Gasteiger partial charge is 0.497 e. The highest BCUT2D eigenvalue weighted by Crippen LogP contribution is 2.33. The van der Waals surface area contributed by atoms with Gasteiger partial charge < -0.3 is 10.1 Å². The summed E-state index contributed by atoms with van der Waals surface area (Å²) in [5, 5.41) is 3.93. The number of ketones is 1. The highest BCUT2D eigenvalue weighted by Gasteiger charge is 2.28. The molecular formula is C26H25ClN2O5S2. The summed E-state index contributed by atoms with van der Waals surface area (Å²) in [6, 6.07) is 12.4. The molecule has 0 saturated carbocycles. The number of aliphatic imine (C=N–C) groups is 1. The molecule has 0 spiro atoms. The third-order valence-corrected chi connectivity index (χ3v) is 8.63. The molecule has 0 saturated heterocycles. The third-order valence-electron chi connectivity index (χ3n) is 5.76. The molecule has 7 nitrogen and oxygen atoms in total. The fourth-order valence-corrected chi connectivity index (χ4v) is 6.92. The SMILES string of the molecule is COc1ccc2c(c1)C(CC(=O)c1cccc(NC(=O)c3scc(S(C)(=O)=O)c3Cl)c1)=NC(C)(C)C2. The molecule has 0 unspecified atom stereocenters. The molecule has 1 N–H and O–H groups in total. The second kappa shape index (κ2) is 9.80. The van der Waals surface area contributed by atoms with Gasteiger partial charge in [0.2, 0.25) is 0 Å². The number of methoxy groups -OCH3 is 1. The number of nitrogens with zero attached hydrogens (tertiary/aromatic N) is 1. The Hall–Kier alpha value is -3.01. The van der Waals surface area contributed by atoms with Crippen LogP contribution in [-0.4, -0.2) is 44.7 Å². The molecule has 188 valence electrons. The number of carbonyl (C=O) groups is 2. The van der Waals surface area contributed by atoms with Crippen LogP contribution in [0.15, 0.2) is 57.7 Å². The minimum Gasteiger partial charge on any atom is -0.497 e. The molecule has 0 radical (unpaired) electrons. The lowest BCUT2D eigenvalue weighted by molar-refractivity contribution is 0.0996. The monoisotopic (exact) mass is 544 g/mol. The van der Waals surface area contributed by atoms with Crippen LogP contribution in [0.25, 0.3) is 0 Å². The van der Waals surface area contributed by atoms with Crippen LogP contribution < -0.4 is 10.1 Å². The van der Waals surface area contributed by atoms with E-state index < -0.39 is 15.7 Å². The van der Waals surface area contributed by atoms with E-state index in [0.717, 1.165) is 35.1 Å². The maximum Gasteiger partial charge on any atom is 0.267 e. The number of fused-ring (bicyclic) bond motifs is 1. The summed E-state index contributed by atoms with van der Waals surface area (Å²) in [6.07, 6.45) is 1.89. The fraction of sp³-hybridized carbons (Fsp3) is 0.269. The van der Waals surface area contributed by atoms with Crippen LogP contribution in [0.1, 0.15) is 51.4 Å². The number of nitrogens with one attached hydrogen (secondary N) is 1. The van der Waals surface area contributed by atoms with Gasteiger partial charge >= 0.3 is 0 Å². The number of rotatable bonds is 7. The molecule has 0 bridgehead atoms. The first kappa shape index (κ1) is 26.1. The number of halogens is 1. The van der Waals surface area contributed by atoms with E-state index >= 15 is 0 Å². The van der Waals surface area contributed by atoms with Crippen molar-refractivity contribution in [3.63, 3.8) is 0 Å². The van der Waals surface area contributed by atoms with E-state index in [9.17, 15) is 18.0 Å². The summed E-state index contributed by atoms with van der Waals surface area (Å²) in [5.41, 5.74) is 3.18. The van der Waals surface area contributed by atoms with Gasteiger partial charge in [-0.15, -0.1) is 11.3 Å². The summed E-state index contributed by atoms with van der Waals surface area (Å²) in [4.78, 5) is 30.8. The van der Waals surface area contributed by atoms with Gasteiger partial charge in [-0.05, 0) is 50.1 Å². The van der Waals surface area contributed by atoms with E-state index in [4.69, 9.17) is 21.3 Å². The van der Waals surface area contributed by atoms with E-state index in [0.29, 0.717) is 22.7 Å². The number of amides is 1. The van der Waals surface area contributed by atoms with Crippen molar-refractivity contribution in [2.24, 2.45) is 4.99 Å². The molecular weight excluding hydrogens is 520 g/mol. The number of anilines is 1. The highest BCUT2D eigenvalue weighted by atomic mass is 35.5. The maximum atomic E-state index is 13.3. The second-order valence-electron chi connectivity index (χ2n) is 9.22. The minimum atomic E-state index is -3.55. The highest BCUT2D eigenvalue weighted by molar-refractivity contribution is 7.91. The Morgan fingerprint density at radius 1 is 1.19 bits per heavy atom. The quantitative estimate of drug-likeness (QED) is 0.398. The van der Waals surface area contributed by atoms with Gasteiger partial charge in [-0.25, -0.2) is 8.42 Å². The van der Waals surface area contributed by atoms with Gasteiger partial charge in [-0.1, -0.05) is 29.8 Å². The van der Waals surface area contributed by atoms with E-state index in [-0.39, 0.29) is 32.5 Å². The Bertz CT molecular complexity index is 1510. The predicted molar refractivity (Wildman–Crippen MR) is 143 cm³/mol. The third kappa shape index (κ3) is 5.53. The number of thiophene rings is 1. The van der Waals surface area contributed by atoms with Crippen molar-refractivity contribution in [3.05, 3.63) is 74.4 Å². The van der Waals surface area contributed by atoms with Crippen LogP contribution in [0.4, 0.5) is 5.69 Å². The van der Waals surface area contributed by atoms with Crippen molar-refractivity contribution in [3.8, 4) is 5.75 Å². The summed E-state index contributed by atoms with van der Waals surface area (Å²) in [5.74, 6) is -0.00153. The fourth-order valence-electron chi connectivity index (χ4n) is 4.11. The summed E-state index contributed by atoms with van der Waals surface area (Å²) in [7, 11) is -1.95. The zero-order valence-corrected chi connectivity index (χ0v) is 22.6. The standard InChI is InChI=1S/C26H25ClN2O5S2/c1-26(2)13-16-8-9-18(34-3)11-19(16)20(29-26)12-21(30)15-6-5-7-17(10-15)28-25(31)24-23(27)22(14-35-24)36(4,32)33/h5-11,14H,12-13H2,1-4H3,(H,28,31). The summed E-state index contributed by atoms with van der Waals surface area (Å²) in [6.45, 7) is 4.07. The molecule has 2 aromatic carbocycles. The molecule has 2 heterocycles. The van der Waals surface area contributed by atoms with Crippen LogP contribution in [0, 0.1) is 0 Å². The van der Waals surface area contributed by atoms with Gasteiger partial charge in [-0.2, -0.15) is 0 Å². The smallest absolute Gasteiger partial charge is 0.267 e. The topological polar surface area (TPSA) is 102 Å². The Morgan fingerprint density at radius 2 is 1.94 bits per heavy atom. The van der Waals surface area contributed by atoms with E-state index in [2.05, 4.69) is 5.32 Å². The lowest BCUT2D eigenvalue weighted by atomic mass is 9.85. The number of hydrogen-bond donors (Lipinski definition) is 1. The number of ether oxygens (including phenoxy) is 1. The van der Waals surface area contributed by atoms with E-state index in [1.165, 1.54) is 5.38 Å². The van der Waals surface area contributed by atoms with Gasteiger partial charge in [0.25, 0.3) is 5.91 Å². The predicted octanol–water partition coefficient (Wildman–Crippen LogP) is 5.46. The molecule has 1 aliphatic heterocycles. The van der Waals surface area contributed by atoms with Crippen LogP contribution in [-0.2, 0) is 16.3 Å². The molecule has 1 amide bonds. The Balaban J connectivity index is 1.56. The van der Waals surface area contributed by atoms with E-state index in [1.54, 1.807) is 31.4 Å². The Morgan fingerprint density at radius 3 is 2.61 bits per heavy atom. The normalized spacial score (nSPS) is 14.5. The molecule has 0 aliphatic carbocycles. The number of sulfone groups is 1. The van der Waals surface area contributed by atoms with Gasteiger partial charge in [0.1, 0.15) is 10.6 Å². The van der Waals surface area contributed by atoms with Gasteiger partial charge in [-0.3, -0.25) is 14.6 Å². The van der Waals surface area contributed by atoms with Crippen molar-refractivity contribution in [1.82, 2.24) is 0 Å². The lowest BCUT2D eigenvalue weighted by Gasteiger charge is -2.29. The number of benzene rings is 2. The van der Waals surface area contributed by atoms with Crippen LogP contribution >= 0.6 is 22.9 Å². The van der Waals surface area contributed by atoms with Crippen LogP contribution in [0.5, 0.6) is 5.75 Å². The first-order valence-electron chi connectivity index (χ1n) is 11.1. The van der Waals surface area contributed by atoms with Gasteiger partial charge in [0.05, 0.1) is 34.7 Å². The minimum absolute atomic E-state index is 0.0816. The summed E-state index contributed by atoms with van der Waals surface area (Å²) >= 11 is 7.08. The molecule has 36 heavy (non-hydrogen) atoms. The average molecular weight is 545 g/mol. The number of Topliss-reactive ketones (excluding diaryl/α,β-unsaturated/α-hetero) is 1. The van der Waals surface area contributed by atoms with Crippen molar-refractivity contribution in [2.75, 3.05) is 18.7 Å². The molecule has 3 aromatic rings. The first-order chi connectivity index (χ1) is 16.9. The average Bonchev–Trinajstić information content (AvgIpc) is 3.20. The zero-order chi connectivity index (χ0) is 26.3. The van der Waals surface area contributed by atoms with Crippen LogP contribution in [0.3, 0.4) is 0 Å². The first-order valence-corrected chi connectivity index (χ1v) is 14.2. The molecule has 10 heteroatoms. The molecule has 1 aromatic heterocycles. The molecule has 0 fully saturated rings. The Kier molecular flexibility index (Phi) is 7.10. The molecule has 1 aliphatic rings. The van der Waals surface area contributed by atoms with Gasteiger partial charge in [0.15, 0.2) is 15.6 Å². The molecule has 0 atom stereocenters. The second-order valence-corrected chi connectivity index (χ2v) is 12.5. The van der Waals surface area contributed by atoms with Crippen molar-refractivity contribution >= 4 is 55.9 Å². The van der Waals surface area contributed by atoms with Gasteiger partial charge in [0, 0.05) is 28.5 Å².